The van der Waals surface area contributed by atoms with Crippen LogP contribution in [0.2, 0.25) is 0 Å². The van der Waals surface area contributed by atoms with Crippen molar-refractivity contribution in [3.05, 3.63) is 28.8 Å². The van der Waals surface area contributed by atoms with E-state index >= 15 is 0 Å². The van der Waals surface area contributed by atoms with Gasteiger partial charge in [-0.2, -0.15) is 0 Å². The summed E-state index contributed by atoms with van der Waals surface area (Å²) < 4.78 is 0. The standard InChI is InChI=1S/C16H20O3/c17-15-8-12-4-2-1-3-11(12)7-14(15)13(9-16(18)19)10-5-6-10/h7-8,10,13,17H,1-6,9H2,(H,18,19). The van der Waals surface area contributed by atoms with Crippen LogP contribution in [0.15, 0.2) is 12.1 Å². The number of phenolic OH excluding ortho intramolecular Hbond substituents is 1. The first-order valence-corrected chi connectivity index (χ1v) is 7.21. The third-order valence-electron chi connectivity index (χ3n) is 4.48. The minimum atomic E-state index is -0.769. The number of carboxylic acids is 1. The quantitative estimate of drug-likeness (QED) is 0.873. The highest BCUT2D eigenvalue weighted by Gasteiger charge is 2.35. The molecule has 0 bridgehead atoms. The Labute approximate surface area is 113 Å². The molecular weight excluding hydrogens is 240 g/mol. The first-order chi connectivity index (χ1) is 9.15. The van der Waals surface area contributed by atoms with Gasteiger partial charge in [0.15, 0.2) is 0 Å². The number of hydrogen-bond acceptors (Lipinski definition) is 2. The summed E-state index contributed by atoms with van der Waals surface area (Å²) in [5, 5.41) is 19.3. The average Bonchev–Trinajstić information content (AvgIpc) is 3.19. The maximum absolute atomic E-state index is 11.0. The highest BCUT2D eigenvalue weighted by atomic mass is 16.4. The maximum Gasteiger partial charge on any atom is 0.303 e. The van der Waals surface area contributed by atoms with E-state index < -0.39 is 5.97 Å². The number of benzene rings is 1. The van der Waals surface area contributed by atoms with Gasteiger partial charge < -0.3 is 10.2 Å². The second-order valence-electron chi connectivity index (χ2n) is 5.93. The van der Waals surface area contributed by atoms with Crippen molar-refractivity contribution in [1.82, 2.24) is 0 Å². The van der Waals surface area contributed by atoms with Crippen molar-refractivity contribution in [2.45, 2.75) is 50.9 Å². The minimum absolute atomic E-state index is 0.00951. The molecule has 0 spiro atoms. The lowest BCUT2D eigenvalue weighted by Gasteiger charge is -2.22. The monoisotopic (exact) mass is 260 g/mol. The van der Waals surface area contributed by atoms with E-state index in [1.807, 2.05) is 6.07 Å². The molecule has 0 radical (unpaired) electrons. The maximum atomic E-state index is 11.0. The molecule has 0 aromatic heterocycles. The zero-order valence-electron chi connectivity index (χ0n) is 11.1. The number of hydrogen-bond donors (Lipinski definition) is 2. The second kappa shape index (κ2) is 4.87. The van der Waals surface area contributed by atoms with Crippen molar-refractivity contribution in [1.29, 1.82) is 0 Å². The predicted molar refractivity (Wildman–Crippen MR) is 72.5 cm³/mol. The van der Waals surface area contributed by atoms with Crippen molar-refractivity contribution >= 4 is 5.97 Å². The van der Waals surface area contributed by atoms with Crippen LogP contribution in [0.3, 0.4) is 0 Å². The van der Waals surface area contributed by atoms with Crippen molar-refractivity contribution in [3.8, 4) is 5.75 Å². The number of aliphatic carboxylic acids is 1. The van der Waals surface area contributed by atoms with Gasteiger partial charge in [0.2, 0.25) is 0 Å². The van der Waals surface area contributed by atoms with Gasteiger partial charge in [0.05, 0.1) is 6.42 Å². The minimum Gasteiger partial charge on any atom is -0.508 e. The molecule has 0 saturated heterocycles. The molecule has 1 saturated carbocycles. The number of aromatic hydroxyl groups is 1. The van der Waals surface area contributed by atoms with Crippen LogP contribution in [0.4, 0.5) is 0 Å². The first kappa shape index (κ1) is 12.5. The third-order valence-corrected chi connectivity index (χ3v) is 4.48. The third kappa shape index (κ3) is 2.60. The van der Waals surface area contributed by atoms with Gasteiger partial charge in [0.1, 0.15) is 5.75 Å². The Morgan fingerprint density at radius 2 is 1.84 bits per heavy atom. The van der Waals surface area contributed by atoms with Crippen LogP contribution < -0.4 is 0 Å². The van der Waals surface area contributed by atoms with Gasteiger partial charge in [0.25, 0.3) is 0 Å². The Morgan fingerprint density at radius 1 is 1.21 bits per heavy atom. The van der Waals surface area contributed by atoms with E-state index in [2.05, 4.69) is 6.07 Å². The molecule has 1 fully saturated rings. The summed E-state index contributed by atoms with van der Waals surface area (Å²) in [7, 11) is 0. The van der Waals surface area contributed by atoms with E-state index in [1.54, 1.807) is 0 Å². The summed E-state index contributed by atoms with van der Waals surface area (Å²) in [6.45, 7) is 0. The number of rotatable bonds is 4. The molecule has 1 aromatic rings. The summed E-state index contributed by atoms with van der Waals surface area (Å²) in [6, 6.07) is 3.96. The molecule has 2 aliphatic carbocycles. The lowest BCUT2D eigenvalue weighted by Crippen LogP contribution is -2.11. The fraction of sp³-hybridized carbons (Fsp3) is 0.562. The lowest BCUT2D eigenvalue weighted by molar-refractivity contribution is -0.137. The molecule has 102 valence electrons. The highest BCUT2D eigenvalue weighted by molar-refractivity contribution is 5.68. The van der Waals surface area contributed by atoms with Crippen molar-refractivity contribution in [3.63, 3.8) is 0 Å². The first-order valence-electron chi connectivity index (χ1n) is 7.21. The molecule has 2 aliphatic rings. The van der Waals surface area contributed by atoms with Crippen molar-refractivity contribution < 1.29 is 15.0 Å². The van der Waals surface area contributed by atoms with E-state index in [1.165, 1.54) is 24.0 Å². The summed E-state index contributed by atoms with van der Waals surface area (Å²) in [4.78, 5) is 11.0. The number of aryl methyl sites for hydroxylation is 2. The molecule has 19 heavy (non-hydrogen) atoms. The SMILES string of the molecule is O=C(O)CC(c1cc2c(cc1O)CCCC2)C1CC1. The highest BCUT2D eigenvalue weighted by Crippen LogP contribution is 2.47. The molecule has 3 nitrogen and oxygen atoms in total. The van der Waals surface area contributed by atoms with Gasteiger partial charge in [-0.3, -0.25) is 4.79 Å². The molecule has 0 heterocycles. The Morgan fingerprint density at radius 3 is 2.42 bits per heavy atom. The number of carboxylic acid groups (broad SMARTS) is 1. The van der Waals surface area contributed by atoms with Crippen LogP contribution in [0, 0.1) is 5.92 Å². The smallest absolute Gasteiger partial charge is 0.303 e. The fourth-order valence-electron chi connectivity index (χ4n) is 3.31. The van der Waals surface area contributed by atoms with Gasteiger partial charge in [-0.15, -0.1) is 0 Å². The van der Waals surface area contributed by atoms with Crippen LogP contribution >= 0.6 is 0 Å². The van der Waals surface area contributed by atoms with Gasteiger partial charge in [-0.05, 0) is 67.2 Å². The Kier molecular flexibility index (Phi) is 3.21. The van der Waals surface area contributed by atoms with Crippen LogP contribution in [0.5, 0.6) is 5.75 Å². The topological polar surface area (TPSA) is 57.5 Å². The fourth-order valence-corrected chi connectivity index (χ4v) is 3.31. The van der Waals surface area contributed by atoms with E-state index in [0.29, 0.717) is 11.7 Å². The van der Waals surface area contributed by atoms with Gasteiger partial charge >= 0.3 is 5.97 Å². The lowest BCUT2D eigenvalue weighted by atomic mass is 9.84. The number of phenols is 1. The summed E-state index contributed by atoms with van der Waals surface area (Å²) >= 11 is 0. The van der Waals surface area contributed by atoms with E-state index in [0.717, 1.165) is 31.2 Å². The molecule has 1 aromatic carbocycles. The number of fused-ring (bicyclic) bond motifs is 1. The van der Waals surface area contributed by atoms with E-state index in [9.17, 15) is 9.90 Å². The summed E-state index contributed by atoms with van der Waals surface area (Å²) in [6.07, 6.45) is 6.81. The Hall–Kier alpha value is -1.51. The van der Waals surface area contributed by atoms with E-state index in [-0.39, 0.29) is 12.3 Å². The van der Waals surface area contributed by atoms with Crippen LogP contribution in [-0.2, 0) is 17.6 Å². The zero-order valence-corrected chi connectivity index (χ0v) is 11.1. The summed E-state index contributed by atoms with van der Waals surface area (Å²) in [5.41, 5.74) is 3.43. The molecular formula is C16H20O3. The molecule has 3 rings (SSSR count). The predicted octanol–water partition coefficient (Wildman–Crippen LogP) is 3.24. The van der Waals surface area contributed by atoms with Crippen molar-refractivity contribution in [2.75, 3.05) is 0 Å². The normalized spacial score (nSPS) is 19.8. The van der Waals surface area contributed by atoms with Crippen LogP contribution in [0.1, 0.15) is 54.7 Å². The summed E-state index contributed by atoms with van der Waals surface area (Å²) in [5.74, 6) is -0.0267. The van der Waals surface area contributed by atoms with Gasteiger partial charge in [-0.25, -0.2) is 0 Å². The van der Waals surface area contributed by atoms with E-state index in [4.69, 9.17) is 5.11 Å². The van der Waals surface area contributed by atoms with Gasteiger partial charge in [-0.1, -0.05) is 6.07 Å². The van der Waals surface area contributed by atoms with Crippen LogP contribution in [-0.4, -0.2) is 16.2 Å². The molecule has 1 unspecified atom stereocenters. The average molecular weight is 260 g/mol. The Bertz CT molecular complexity index is 503. The van der Waals surface area contributed by atoms with Gasteiger partial charge in [0, 0.05) is 5.92 Å². The van der Waals surface area contributed by atoms with Crippen molar-refractivity contribution in [2.24, 2.45) is 5.92 Å². The molecule has 1 atom stereocenters. The molecule has 0 amide bonds. The molecule has 3 heteroatoms. The largest absolute Gasteiger partial charge is 0.508 e. The van der Waals surface area contributed by atoms with Crippen LogP contribution in [0.25, 0.3) is 0 Å². The zero-order chi connectivity index (χ0) is 13.4. The molecule has 0 aliphatic heterocycles. The second-order valence-corrected chi connectivity index (χ2v) is 5.93. The molecule has 2 N–H and O–H groups in total. The number of carbonyl (C=O) groups is 1. The Balaban J connectivity index is 1.95.